The molecule has 0 aliphatic rings. The molecule has 2 aromatic rings. The molecule has 1 unspecified atom stereocenters. The molecule has 26 heavy (non-hydrogen) atoms. The van der Waals surface area contributed by atoms with Crippen LogP contribution in [0.5, 0.6) is 0 Å². The normalized spacial score (nSPS) is 13.2. The van der Waals surface area contributed by atoms with Crippen LogP contribution in [0.4, 0.5) is 22.0 Å². The lowest BCUT2D eigenvalue weighted by Gasteiger charge is -2.17. The van der Waals surface area contributed by atoms with E-state index in [-0.39, 0.29) is 0 Å². The molecular formula is C13H3Cl4F5N2OS. The van der Waals surface area contributed by atoms with E-state index in [1.165, 1.54) is 6.07 Å². The first-order valence-electron chi connectivity index (χ1n) is 6.16. The van der Waals surface area contributed by atoms with Crippen molar-refractivity contribution in [1.29, 1.82) is 5.26 Å². The quantitative estimate of drug-likeness (QED) is 0.389. The summed E-state index contributed by atoms with van der Waals surface area (Å²) in [6.45, 7) is 0. The summed E-state index contributed by atoms with van der Waals surface area (Å²) >= 11 is 20.3. The van der Waals surface area contributed by atoms with Crippen LogP contribution < -0.4 is 0 Å². The van der Waals surface area contributed by atoms with Gasteiger partial charge in [-0.05, 0) is 12.1 Å². The fourth-order valence-corrected chi connectivity index (χ4v) is 4.31. The Morgan fingerprint density at radius 3 is 2.00 bits per heavy atom. The van der Waals surface area contributed by atoms with Gasteiger partial charge in [-0.1, -0.05) is 46.4 Å². The van der Waals surface area contributed by atoms with Crippen molar-refractivity contribution in [3.8, 4) is 11.8 Å². The van der Waals surface area contributed by atoms with Crippen LogP contribution in [0.1, 0.15) is 11.1 Å². The van der Waals surface area contributed by atoms with E-state index in [0.717, 1.165) is 0 Å². The highest BCUT2D eigenvalue weighted by atomic mass is 35.5. The number of nitrogens with zero attached hydrogens (tertiary/aromatic N) is 2. The second-order valence-corrected chi connectivity index (χ2v) is 7.46. The van der Waals surface area contributed by atoms with Crippen LogP contribution in [0.3, 0.4) is 0 Å². The van der Waals surface area contributed by atoms with Gasteiger partial charge in [0.1, 0.15) is 21.8 Å². The molecule has 13 heteroatoms. The maximum absolute atomic E-state index is 12.9. The molecule has 0 aliphatic heterocycles. The lowest BCUT2D eigenvalue weighted by atomic mass is 10.2. The molecule has 0 amide bonds. The van der Waals surface area contributed by atoms with Crippen LogP contribution >= 0.6 is 46.4 Å². The first-order chi connectivity index (χ1) is 11.9. The van der Waals surface area contributed by atoms with Crippen LogP contribution in [0.15, 0.2) is 17.2 Å². The smallest absolute Gasteiger partial charge is 0.416 e. The Hall–Kier alpha value is -0.890. The lowest BCUT2D eigenvalue weighted by Crippen LogP contribution is -2.17. The third-order valence-corrected chi connectivity index (χ3v) is 5.55. The third kappa shape index (κ3) is 3.72. The fraction of sp³-hybridized carbons (Fsp3) is 0.154. The first kappa shape index (κ1) is 21.4. The number of halogens is 9. The molecule has 0 saturated heterocycles. The van der Waals surface area contributed by atoms with Gasteiger partial charge < -0.3 is 4.55 Å². The summed E-state index contributed by atoms with van der Waals surface area (Å²) in [5, 5.41) is 5.76. The molecule has 2 rings (SSSR count). The van der Waals surface area contributed by atoms with Gasteiger partial charge in [-0.3, -0.25) is 4.57 Å². The topological polar surface area (TPSA) is 51.8 Å². The molecule has 0 bridgehead atoms. The standard InChI is InChI=1S/C13H3Cl4F5N2OS/c14-6-1-4(13(20,21)22)2-7(15)9(6)24-10(17)5(3-23)8(16)11(24)26(25)12(18)19/h1-2,12H. The van der Waals surface area contributed by atoms with Crippen molar-refractivity contribution < 1.29 is 26.5 Å². The van der Waals surface area contributed by atoms with Crippen molar-refractivity contribution >= 4 is 57.6 Å². The summed E-state index contributed by atoms with van der Waals surface area (Å²) in [6.07, 6.45) is -4.78. The van der Waals surface area contributed by atoms with Crippen LogP contribution in [0, 0.1) is 11.3 Å². The van der Waals surface area contributed by atoms with Crippen LogP contribution in [0.25, 0.3) is 5.69 Å². The molecular weight excluding hydrogens is 469 g/mol. The number of rotatable bonds is 3. The molecule has 1 aromatic carbocycles. The van der Waals surface area contributed by atoms with Crippen molar-refractivity contribution in [3.63, 3.8) is 0 Å². The second-order valence-electron chi connectivity index (χ2n) is 4.58. The average molecular weight is 472 g/mol. The Kier molecular flexibility index (Phi) is 6.27. The number of benzene rings is 1. The van der Waals surface area contributed by atoms with E-state index in [1.807, 2.05) is 0 Å². The largest absolute Gasteiger partial charge is 0.606 e. The average Bonchev–Trinajstić information content (AvgIpc) is 2.75. The minimum atomic E-state index is -4.78. The molecule has 0 saturated carbocycles. The van der Waals surface area contributed by atoms with Gasteiger partial charge in [-0.25, -0.2) is 0 Å². The minimum absolute atomic E-state index is 0.473. The van der Waals surface area contributed by atoms with Gasteiger partial charge in [-0.2, -0.15) is 27.2 Å². The van der Waals surface area contributed by atoms with Gasteiger partial charge in [0.2, 0.25) is 0 Å². The Labute approximate surface area is 166 Å². The number of aromatic nitrogens is 1. The Morgan fingerprint density at radius 2 is 1.62 bits per heavy atom. The zero-order valence-corrected chi connectivity index (χ0v) is 15.7. The van der Waals surface area contributed by atoms with Crippen LogP contribution in [-0.2, 0) is 17.4 Å². The molecule has 140 valence electrons. The van der Waals surface area contributed by atoms with E-state index in [4.69, 9.17) is 51.7 Å². The highest BCUT2D eigenvalue weighted by Gasteiger charge is 2.38. The van der Waals surface area contributed by atoms with E-state index < -0.39 is 65.2 Å². The van der Waals surface area contributed by atoms with Crippen molar-refractivity contribution in [1.82, 2.24) is 4.57 Å². The van der Waals surface area contributed by atoms with Gasteiger partial charge in [0.05, 0.1) is 32.5 Å². The van der Waals surface area contributed by atoms with E-state index in [1.54, 1.807) is 0 Å². The SMILES string of the molecule is N#Cc1c(Cl)c([S+]([O-])C(F)F)n(-c2c(Cl)cc(C(F)(F)F)cc2Cl)c1Cl. The summed E-state index contributed by atoms with van der Waals surface area (Å²) < 4.78 is 76.9. The van der Waals surface area contributed by atoms with Crippen molar-refractivity contribution in [2.75, 3.05) is 0 Å². The van der Waals surface area contributed by atoms with Crippen LogP contribution in [0.2, 0.25) is 20.2 Å². The zero-order valence-electron chi connectivity index (χ0n) is 11.8. The highest BCUT2D eigenvalue weighted by Crippen LogP contribution is 2.44. The van der Waals surface area contributed by atoms with E-state index >= 15 is 0 Å². The molecule has 1 heterocycles. The van der Waals surface area contributed by atoms with Gasteiger partial charge in [0, 0.05) is 0 Å². The number of alkyl halides is 5. The Balaban J connectivity index is 2.88. The van der Waals surface area contributed by atoms with Gasteiger partial charge >= 0.3 is 11.9 Å². The Bertz CT molecular complexity index is 886. The first-order valence-corrected chi connectivity index (χ1v) is 8.89. The molecule has 1 atom stereocenters. The minimum Gasteiger partial charge on any atom is -0.606 e. The molecule has 0 aliphatic carbocycles. The Morgan fingerprint density at radius 1 is 1.12 bits per heavy atom. The summed E-state index contributed by atoms with van der Waals surface area (Å²) in [6, 6.07) is 2.49. The van der Waals surface area contributed by atoms with Gasteiger partial charge in [-0.15, -0.1) is 0 Å². The van der Waals surface area contributed by atoms with Crippen LogP contribution in [-0.4, -0.2) is 14.9 Å². The molecule has 1 aromatic heterocycles. The van der Waals surface area contributed by atoms with E-state index in [2.05, 4.69) is 0 Å². The molecule has 3 nitrogen and oxygen atoms in total. The van der Waals surface area contributed by atoms with E-state index in [0.29, 0.717) is 16.7 Å². The lowest BCUT2D eigenvalue weighted by molar-refractivity contribution is -0.137. The molecule has 0 radical (unpaired) electrons. The zero-order chi connectivity index (χ0) is 20.0. The number of nitriles is 1. The predicted octanol–water partition coefficient (Wildman–Crippen LogP) is 6.31. The predicted molar refractivity (Wildman–Crippen MR) is 87.9 cm³/mol. The molecule has 0 spiro atoms. The fourth-order valence-electron chi connectivity index (χ4n) is 2.00. The molecule has 0 N–H and O–H groups in total. The van der Waals surface area contributed by atoms with E-state index in [9.17, 15) is 26.5 Å². The van der Waals surface area contributed by atoms with Crippen molar-refractivity contribution in [2.45, 2.75) is 17.0 Å². The summed E-state index contributed by atoms with van der Waals surface area (Å²) in [5.74, 6) is -3.42. The van der Waals surface area contributed by atoms with Crippen molar-refractivity contribution in [3.05, 3.63) is 43.5 Å². The summed E-state index contributed by atoms with van der Waals surface area (Å²) in [7, 11) is 0. The number of hydrogen-bond acceptors (Lipinski definition) is 2. The van der Waals surface area contributed by atoms with Gasteiger partial charge in [0.15, 0.2) is 0 Å². The van der Waals surface area contributed by atoms with Gasteiger partial charge in [0.25, 0.3) is 5.03 Å². The molecule has 0 fully saturated rings. The summed E-state index contributed by atoms with van der Waals surface area (Å²) in [4.78, 5) is 0. The monoisotopic (exact) mass is 470 g/mol. The maximum atomic E-state index is 12.9. The van der Waals surface area contributed by atoms with Crippen molar-refractivity contribution in [2.24, 2.45) is 0 Å². The summed E-state index contributed by atoms with van der Waals surface area (Å²) in [5.41, 5.74) is -2.19. The highest BCUT2D eigenvalue weighted by molar-refractivity contribution is 7.91. The second kappa shape index (κ2) is 7.62. The maximum Gasteiger partial charge on any atom is 0.416 e. The number of hydrogen-bond donors (Lipinski definition) is 0. The third-order valence-electron chi connectivity index (χ3n) is 3.04.